The van der Waals surface area contributed by atoms with Crippen LogP contribution in [0.4, 0.5) is 10.5 Å². The van der Waals surface area contributed by atoms with Gasteiger partial charge in [0.1, 0.15) is 6.61 Å². The molecule has 23 heavy (non-hydrogen) atoms. The van der Waals surface area contributed by atoms with Gasteiger partial charge in [-0.25, -0.2) is 9.59 Å². The first-order valence-corrected chi connectivity index (χ1v) is 7.73. The zero-order valence-corrected chi connectivity index (χ0v) is 14.5. The number of halogens is 2. The molecule has 2 aromatic carbocycles. The summed E-state index contributed by atoms with van der Waals surface area (Å²) in [5, 5.41) is 2.84. The number of benzene rings is 2. The molecule has 7 heteroatoms. The Hall–Kier alpha value is -2.05. The first-order chi connectivity index (χ1) is 11.0. The average Bonchev–Trinajstić information content (AvgIpc) is 2.56. The molecule has 0 aromatic heterocycles. The summed E-state index contributed by atoms with van der Waals surface area (Å²) in [6.45, 7) is 0.116. The lowest BCUT2D eigenvalue weighted by Crippen LogP contribution is -2.16. The highest BCUT2D eigenvalue weighted by molar-refractivity contribution is 9.10. The Morgan fingerprint density at radius 1 is 1.22 bits per heavy atom. The number of anilines is 1. The molecule has 0 atom stereocenters. The Kier molecular flexibility index (Phi) is 6.01. The van der Waals surface area contributed by atoms with Gasteiger partial charge in [-0.05, 0) is 33.6 Å². The summed E-state index contributed by atoms with van der Waals surface area (Å²) in [6, 6.07) is 12.2. The van der Waals surface area contributed by atoms with E-state index in [0.29, 0.717) is 9.50 Å². The number of carbonyl (C=O) groups excluding carboxylic acids is 2. The fourth-order valence-electron chi connectivity index (χ4n) is 1.80. The largest absolute Gasteiger partial charge is 0.465 e. The molecule has 5 nitrogen and oxygen atoms in total. The van der Waals surface area contributed by atoms with E-state index in [1.54, 1.807) is 0 Å². The van der Waals surface area contributed by atoms with E-state index < -0.39 is 12.1 Å². The van der Waals surface area contributed by atoms with Gasteiger partial charge in [-0.2, -0.15) is 0 Å². The predicted molar refractivity (Wildman–Crippen MR) is 90.7 cm³/mol. The molecule has 0 bridgehead atoms. The van der Waals surface area contributed by atoms with E-state index in [0.717, 1.165) is 5.56 Å². The van der Waals surface area contributed by atoms with Crippen molar-refractivity contribution in [2.24, 2.45) is 0 Å². The third kappa shape index (κ3) is 4.71. The first kappa shape index (κ1) is 17.3. The van der Waals surface area contributed by atoms with Gasteiger partial charge in [-0.1, -0.05) is 41.9 Å². The lowest BCUT2D eigenvalue weighted by Gasteiger charge is -2.12. The van der Waals surface area contributed by atoms with Crippen molar-refractivity contribution in [2.75, 3.05) is 12.4 Å². The van der Waals surface area contributed by atoms with E-state index >= 15 is 0 Å². The van der Waals surface area contributed by atoms with Crippen LogP contribution in [-0.4, -0.2) is 19.2 Å². The van der Waals surface area contributed by atoms with Crippen LogP contribution in [0.15, 0.2) is 46.9 Å². The zero-order valence-electron chi connectivity index (χ0n) is 12.1. The number of methoxy groups -OCH3 is 1. The molecule has 0 aliphatic heterocycles. The van der Waals surface area contributed by atoms with Crippen LogP contribution in [0.5, 0.6) is 0 Å². The van der Waals surface area contributed by atoms with Gasteiger partial charge in [0.15, 0.2) is 0 Å². The third-order valence-corrected chi connectivity index (χ3v) is 4.11. The molecule has 2 rings (SSSR count). The Morgan fingerprint density at radius 3 is 2.57 bits per heavy atom. The van der Waals surface area contributed by atoms with E-state index in [4.69, 9.17) is 16.3 Å². The Morgan fingerprint density at radius 2 is 1.91 bits per heavy atom. The molecular weight excluding hydrogens is 386 g/mol. The molecule has 0 heterocycles. The maximum absolute atomic E-state index is 11.9. The number of rotatable bonds is 4. The monoisotopic (exact) mass is 397 g/mol. The number of carbonyl (C=O) groups is 2. The molecule has 1 amide bonds. The lowest BCUT2D eigenvalue weighted by atomic mass is 10.2. The van der Waals surface area contributed by atoms with E-state index in [-0.39, 0.29) is 17.9 Å². The number of hydrogen-bond donors (Lipinski definition) is 1. The second-order valence-corrected chi connectivity index (χ2v) is 5.75. The van der Waals surface area contributed by atoms with Gasteiger partial charge in [-0.15, -0.1) is 0 Å². The van der Waals surface area contributed by atoms with Crippen molar-refractivity contribution in [1.29, 1.82) is 0 Å². The number of hydrogen-bond acceptors (Lipinski definition) is 4. The summed E-state index contributed by atoms with van der Waals surface area (Å²) in [5.41, 5.74) is 1.23. The van der Waals surface area contributed by atoms with Crippen molar-refractivity contribution in [3.05, 3.63) is 63.1 Å². The number of amides is 1. The van der Waals surface area contributed by atoms with Crippen LogP contribution >= 0.6 is 27.5 Å². The Labute approximate surface area is 146 Å². The molecule has 0 unspecified atom stereocenters. The molecular formula is C16H13BrClNO4. The minimum Gasteiger partial charge on any atom is -0.465 e. The van der Waals surface area contributed by atoms with Gasteiger partial charge >= 0.3 is 12.1 Å². The van der Waals surface area contributed by atoms with Crippen molar-refractivity contribution in [3.8, 4) is 0 Å². The average molecular weight is 399 g/mol. The number of ether oxygens (including phenoxy) is 2. The quantitative estimate of drug-likeness (QED) is 0.762. The fraction of sp³-hybridized carbons (Fsp3) is 0.125. The van der Waals surface area contributed by atoms with Gasteiger partial charge in [0.05, 0.1) is 23.4 Å². The van der Waals surface area contributed by atoms with Crippen LogP contribution in [0.25, 0.3) is 0 Å². The van der Waals surface area contributed by atoms with Crippen molar-refractivity contribution in [2.45, 2.75) is 6.61 Å². The van der Waals surface area contributed by atoms with Gasteiger partial charge in [0.2, 0.25) is 0 Å². The summed E-state index contributed by atoms with van der Waals surface area (Å²) in [5.74, 6) is -0.597. The van der Waals surface area contributed by atoms with Crippen molar-refractivity contribution >= 4 is 45.3 Å². The number of nitrogens with one attached hydrogen (secondary N) is 1. The van der Waals surface area contributed by atoms with E-state index in [2.05, 4.69) is 26.0 Å². The molecule has 0 saturated carbocycles. The summed E-state index contributed by atoms with van der Waals surface area (Å²) >= 11 is 9.22. The fourth-order valence-corrected chi connectivity index (χ4v) is 2.31. The van der Waals surface area contributed by atoms with Crippen LogP contribution in [0.3, 0.4) is 0 Å². The van der Waals surface area contributed by atoms with Crippen LogP contribution in [0.1, 0.15) is 15.9 Å². The normalized spacial score (nSPS) is 10.0. The van der Waals surface area contributed by atoms with Crippen LogP contribution < -0.4 is 5.32 Å². The van der Waals surface area contributed by atoms with E-state index in [1.165, 1.54) is 19.2 Å². The number of esters is 1. The smallest absolute Gasteiger partial charge is 0.411 e. The third-order valence-electron chi connectivity index (χ3n) is 2.92. The molecule has 0 radical (unpaired) electrons. The molecule has 0 aliphatic carbocycles. The van der Waals surface area contributed by atoms with Gasteiger partial charge in [0.25, 0.3) is 0 Å². The maximum Gasteiger partial charge on any atom is 0.411 e. The highest BCUT2D eigenvalue weighted by Crippen LogP contribution is 2.30. The molecule has 0 saturated heterocycles. The van der Waals surface area contributed by atoms with Crippen LogP contribution in [0.2, 0.25) is 5.02 Å². The summed E-state index contributed by atoms with van der Waals surface area (Å²) in [7, 11) is 1.25. The molecule has 0 fully saturated rings. The second kappa shape index (κ2) is 7.99. The summed E-state index contributed by atoms with van der Waals surface area (Å²) in [6.07, 6.45) is -0.697. The van der Waals surface area contributed by atoms with Crippen molar-refractivity contribution in [1.82, 2.24) is 0 Å². The van der Waals surface area contributed by atoms with Crippen molar-refractivity contribution < 1.29 is 19.1 Å². The molecule has 2 aromatic rings. The topological polar surface area (TPSA) is 64.6 Å². The maximum atomic E-state index is 11.9. The lowest BCUT2D eigenvalue weighted by molar-refractivity contribution is 0.0602. The highest BCUT2D eigenvalue weighted by atomic mass is 79.9. The van der Waals surface area contributed by atoms with Gasteiger partial charge < -0.3 is 9.47 Å². The minimum absolute atomic E-state index is 0.116. The Bertz CT molecular complexity index is 722. The Balaban J connectivity index is 2.10. The predicted octanol–water partition coefficient (Wildman–Crippen LogP) is 4.64. The summed E-state index contributed by atoms with van der Waals surface area (Å²) < 4.78 is 10.3. The van der Waals surface area contributed by atoms with E-state index in [1.807, 2.05) is 30.3 Å². The van der Waals surface area contributed by atoms with Crippen LogP contribution in [-0.2, 0) is 16.1 Å². The van der Waals surface area contributed by atoms with Crippen molar-refractivity contribution in [3.63, 3.8) is 0 Å². The zero-order chi connectivity index (χ0) is 16.8. The highest BCUT2D eigenvalue weighted by Gasteiger charge is 2.17. The van der Waals surface area contributed by atoms with Gasteiger partial charge in [-0.3, -0.25) is 5.32 Å². The molecule has 120 valence electrons. The van der Waals surface area contributed by atoms with Crippen LogP contribution in [0, 0.1) is 0 Å². The van der Waals surface area contributed by atoms with E-state index in [9.17, 15) is 9.59 Å². The van der Waals surface area contributed by atoms with Gasteiger partial charge in [0, 0.05) is 4.47 Å². The molecule has 0 spiro atoms. The standard InChI is InChI=1S/C16H13BrClNO4/c1-22-15(20)11-7-12(17)13(18)8-14(11)19-16(21)23-9-10-5-3-2-4-6-10/h2-8H,9H2,1H3,(H,19,21). The summed E-state index contributed by atoms with van der Waals surface area (Å²) in [4.78, 5) is 23.7. The molecule has 1 N–H and O–H groups in total. The minimum atomic E-state index is -0.697. The SMILES string of the molecule is COC(=O)c1cc(Br)c(Cl)cc1NC(=O)OCc1ccccc1. The second-order valence-electron chi connectivity index (χ2n) is 4.49. The molecule has 0 aliphatic rings. The first-order valence-electron chi connectivity index (χ1n) is 6.56.